The molecule has 0 radical (unpaired) electrons. The van der Waals surface area contributed by atoms with E-state index in [2.05, 4.69) is 34.4 Å². The monoisotopic (exact) mass is 258 g/mol. The molecular weight excluding hydrogens is 244 g/mol. The van der Waals surface area contributed by atoms with Crippen molar-refractivity contribution >= 4 is 17.3 Å². The quantitative estimate of drug-likeness (QED) is 0.846. The van der Waals surface area contributed by atoms with Crippen molar-refractivity contribution in [2.75, 3.05) is 18.5 Å². The SMILES string of the molecule is Cc1ccsc1-c1cnc(N(C)CCC#N)nc1. The predicted octanol–water partition coefficient (Wildman–Crippen LogP) is 2.86. The summed E-state index contributed by atoms with van der Waals surface area (Å²) >= 11 is 1.69. The number of aromatic nitrogens is 2. The number of hydrogen-bond acceptors (Lipinski definition) is 5. The zero-order valence-corrected chi connectivity index (χ0v) is 11.2. The van der Waals surface area contributed by atoms with Crippen molar-refractivity contribution in [1.29, 1.82) is 5.26 Å². The van der Waals surface area contributed by atoms with Gasteiger partial charge in [-0.3, -0.25) is 0 Å². The van der Waals surface area contributed by atoms with Crippen molar-refractivity contribution in [1.82, 2.24) is 9.97 Å². The Bertz CT molecular complexity index is 553. The number of nitriles is 1. The molecule has 2 aromatic rings. The summed E-state index contributed by atoms with van der Waals surface area (Å²) in [5.41, 5.74) is 2.29. The Balaban J connectivity index is 2.16. The van der Waals surface area contributed by atoms with Crippen molar-refractivity contribution < 1.29 is 0 Å². The molecule has 2 aromatic heterocycles. The molecule has 0 saturated heterocycles. The average Bonchev–Trinajstić information content (AvgIpc) is 2.82. The molecule has 2 heterocycles. The smallest absolute Gasteiger partial charge is 0.225 e. The molecule has 5 heteroatoms. The normalized spacial score (nSPS) is 10.1. The van der Waals surface area contributed by atoms with E-state index >= 15 is 0 Å². The van der Waals surface area contributed by atoms with Crippen molar-refractivity contribution in [3.8, 4) is 16.5 Å². The molecule has 0 fully saturated rings. The average molecular weight is 258 g/mol. The van der Waals surface area contributed by atoms with Gasteiger partial charge >= 0.3 is 0 Å². The van der Waals surface area contributed by atoms with Crippen LogP contribution in [0.5, 0.6) is 0 Å². The molecule has 18 heavy (non-hydrogen) atoms. The summed E-state index contributed by atoms with van der Waals surface area (Å²) in [5, 5.41) is 10.6. The van der Waals surface area contributed by atoms with Gasteiger partial charge in [-0.15, -0.1) is 11.3 Å². The van der Waals surface area contributed by atoms with Crippen LogP contribution in [0.15, 0.2) is 23.8 Å². The Morgan fingerprint density at radius 2 is 2.11 bits per heavy atom. The van der Waals surface area contributed by atoms with Gasteiger partial charge in [0.05, 0.1) is 12.5 Å². The summed E-state index contributed by atoms with van der Waals surface area (Å²) in [7, 11) is 1.89. The number of thiophene rings is 1. The molecule has 0 saturated carbocycles. The topological polar surface area (TPSA) is 52.8 Å². The first kappa shape index (κ1) is 12.5. The highest BCUT2D eigenvalue weighted by Gasteiger charge is 2.07. The molecule has 92 valence electrons. The molecule has 0 amide bonds. The minimum Gasteiger partial charge on any atom is -0.343 e. The summed E-state index contributed by atoms with van der Waals surface area (Å²) in [5.74, 6) is 0.656. The summed E-state index contributed by atoms with van der Waals surface area (Å²) in [4.78, 5) is 11.8. The van der Waals surface area contributed by atoms with Crippen LogP contribution < -0.4 is 4.90 Å². The first-order valence-electron chi connectivity index (χ1n) is 5.67. The Hall–Kier alpha value is -1.93. The molecule has 0 N–H and O–H groups in total. The zero-order chi connectivity index (χ0) is 13.0. The predicted molar refractivity (Wildman–Crippen MR) is 73.6 cm³/mol. The van der Waals surface area contributed by atoms with Gasteiger partial charge in [-0.1, -0.05) is 0 Å². The van der Waals surface area contributed by atoms with Crippen LogP contribution in [0.3, 0.4) is 0 Å². The summed E-state index contributed by atoms with van der Waals surface area (Å²) < 4.78 is 0. The van der Waals surface area contributed by atoms with Gasteiger partial charge in [0, 0.05) is 36.4 Å². The van der Waals surface area contributed by atoms with Crippen LogP contribution in [0.4, 0.5) is 5.95 Å². The van der Waals surface area contributed by atoms with Crippen molar-refractivity contribution in [3.63, 3.8) is 0 Å². The molecule has 0 aromatic carbocycles. The van der Waals surface area contributed by atoms with Gasteiger partial charge in [-0.25, -0.2) is 9.97 Å². The number of hydrogen-bond donors (Lipinski definition) is 0. The third-order valence-electron chi connectivity index (χ3n) is 2.66. The Kier molecular flexibility index (Phi) is 3.90. The van der Waals surface area contributed by atoms with E-state index < -0.39 is 0 Å². The van der Waals surface area contributed by atoms with E-state index in [4.69, 9.17) is 5.26 Å². The van der Waals surface area contributed by atoms with Crippen LogP contribution >= 0.6 is 11.3 Å². The fourth-order valence-electron chi connectivity index (χ4n) is 1.62. The van der Waals surface area contributed by atoms with Gasteiger partial charge in [0.25, 0.3) is 0 Å². The standard InChI is InChI=1S/C13H14N4S/c1-10-4-7-18-12(10)11-8-15-13(16-9-11)17(2)6-3-5-14/h4,7-9H,3,6H2,1-2H3. The molecule has 0 bridgehead atoms. The van der Waals surface area contributed by atoms with Crippen LogP contribution in [-0.4, -0.2) is 23.6 Å². The lowest BCUT2D eigenvalue weighted by atomic mass is 10.2. The van der Waals surface area contributed by atoms with Crippen LogP contribution in [-0.2, 0) is 0 Å². The van der Waals surface area contributed by atoms with Crippen molar-refractivity contribution in [2.45, 2.75) is 13.3 Å². The van der Waals surface area contributed by atoms with Gasteiger partial charge in [0.1, 0.15) is 0 Å². The van der Waals surface area contributed by atoms with Gasteiger partial charge in [0.2, 0.25) is 5.95 Å². The molecule has 0 aliphatic rings. The van der Waals surface area contributed by atoms with E-state index in [0.717, 1.165) is 5.56 Å². The fraction of sp³-hybridized carbons (Fsp3) is 0.308. The lowest BCUT2D eigenvalue weighted by molar-refractivity contribution is 0.859. The third kappa shape index (κ3) is 2.66. The first-order chi connectivity index (χ1) is 8.72. The minimum absolute atomic E-state index is 0.478. The fourth-order valence-corrected chi connectivity index (χ4v) is 2.53. The van der Waals surface area contributed by atoms with Crippen molar-refractivity contribution in [3.05, 3.63) is 29.4 Å². The molecule has 0 atom stereocenters. The summed E-state index contributed by atoms with van der Waals surface area (Å²) in [6.45, 7) is 2.73. The second-order valence-electron chi connectivity index (χ2n) is 4.03. The number of anilines is 1. The van der Waals surface area contributed by atoms with Crippen LogP contribution in [0.1, 0.15) is 12.0 Å². The molecule has 0 spiro atoms. The lowest BCUT2D eigenvalue weighted by Crippen LogP contribution is -2.20. The minimum atomic E-state index is 0.478. The maximum absolute atomic E-state index is 8.55. The molecular formula is C13H14N4S. The maximum atomic E-state index is 8.55. The third-order valence-corrected chi connectivity index (χ3v) is 3.73. The molecule has 0 aliphatic heterocycles. The number of aryl methyl sites for hydroxylation is 1. The Morgan fingerprint density at radius 3 is 2.67 bits per heavy atom. The van der Waals surface area contributed by atoms with E-state index in [9.17, 15) is 0 Å². The molecule has 0 unspecified atom stereocenters. The summed E-state index contributed by atoms with van der Waals surface area (Å²) in [6.07, 6.45) is 4.15. The summed E-state index contributed by atoms with van der Waals surface area (Å²) in [6, 6.07) is 4.20. The van der Waals surface area contributed by atoms with E-state index in [1.165, 1.54) is 10.4 Å². The van der Waals surface area contributed by atoms with Crippen LogP contribution in [0, 0.1) is 18.3 Å². The lowest BCUT2D eigenvalue weighted by Gasteiger charge is -2.14. The van der Waals surface area contributed by atoms with E-state index in [1.807, 2.05) is 24.3 Å². The van der Waals surface area contributed by atoms with Crippen LogP contribution in [0.2, 0.25) is 0 Å². The van der Waals surface area contributed by atoms with Gasteiger partial charge in [-0.2, -0.15) is 5.26 Å². The Morgan fingerprint density at radius 1 is 1.39 bits per heavy atom. The number of nitrogens with zero attached hydrogens (tertiary/aromatic N) is 4. The van der Waals surface area contributed by atoms with Gasteiger partial charge in [-0.05, 0) is 23.9 Å². The highest BCUT2D eigenvalue weighted by Crippen LogP contribution is 2.28. The molecule has 4 nitrogen and oxygen atoms in total. The first-order valence-corrected chi connectivity index (χ1v) is 6.55. The molecule has 0 aliphatic carbocycles. The second kappa shape index (κ2) is 5.61. The van der Waals surface area contributed by atoms with Crippen molar-refractivity contribution in [2.24, 2.45) is 0 Å². The highest BCUT2D eigenvalue weighted by molar-refractivity contribution is 7.13. The molecule has 2 rings (SSSR count). The van der Waals surface area contributed by atoms with Gasteiger partial charge in [0.15, 0.2) is 0 Å². The van der Waals surface area contributed by atoms with Gasteiger partial charge < -0.3 is 4.90 Å². The maximum Gasteiger partial charge on any atom is 0.225 e. The van der Waals surface area contributed by atoms with E-state index in [1.54, 1.807) is 11.3 Å². The van der Waals surface area contributed by atoms with Crippen LogP contribution in [0.25, 0.3) is 10.4 Å². The van der Waals surface area contributed by atoms with E-state index in [0.29, 0.717) is 18.9 Å². The van der Waals surface area contributed by atoms with E-state index in [-0.39, 0.29) is 0 Å². The number of rotatable bonds is 4. The largest absolute Gasteiger partial charge is 0.343 e. The Labute approximate surface area is 111 Å². The highest BCUT2D eigenvalue weighted by atomic mass is 32.1. The second-order valence-corrected chi connectivity index (χ2v) is 4.95. The zero-order valence-electron chi connectivity index (χ0n) is 10.4.